The van der Waals surface area contributed by atoms with Gasteiger partial charge in [-0.05, 0) is 44.0 Å². The Balaban J connectivity index is 1.48. The predicted molar refractivity (Wildman–Crippen MR) is 88.9 cm³/mol. The van der Waals surface area contributed by atoms with Gasteiger partial charge in [0, 0.05) is 29.8 Å². The van der Waals surface area contributed by atoms with Crippen molar-refractivity contribution in [1.82, 2.24) is 10.3 Å². The molecule has 1 N–H and O–H groups in total. The smallest absolute Gasteiger partial charge is 0.251 e. The van der Waals surface area contributed by atoms with Crippen LogP contribution in [0.3, 0.4) is 0 Å². The van der Waals surface area contributed by atoms with Crippen LogP contribution in [-0.2, 0) is 11.3 Å². The Labute approximate surface area is 139 Å². The molecule has 122 valence electrons. The number of nitrogens with zero attached hydrogens (tertiary/aromatic N) is 1. The van der Waals surface area contributed by atoms with Gasteiger partial charge in [0.25, 0.3) is 5.91 Å². The molecule has 5 nitrogen and oxygen atoms in total. The van der Waals surface area contributed by atoms with Crippen molar-refractivity contribution >= 4 is 17.2 Å². The van der Waals surface area contributed by atoms with E-state index >= 15 is 0 Å². The normalized spacial score (nSPS) is 17.2. The summed E-state index contributed by atoms with van der Waals surface area (Å²) in [6, 6.07) is 7.16. The van der Waals surface area contributed by atoms with Crippen molar-refractivity contribution in [2.24, 2.45) is 0 Å². The third-order valence-electron chi connectivity index (χ3n) is 3.66. The topological polar surface area (TPSA) is 60.5 Å². The monoisotopic (exact) mass is 332 g/mol. The number of nitrogens with one attached hydrogen (secondary N) is 1. The van der Waals surface area contributed by atoms with Crippen molar-refractivity contribution < 1.29 is 14.3 Å². The second kappa shape index (κ2) is 7.57. The summed E-state index contributed by atoms with van der Waals surface area (Å²) in [6.07, 6.45) is 2.25. The fourth-order valence-electron chi connectivity index (χ4n) is 2.43. The lowest BCUT2D eigenvalue weighted by Gasteiger charge is -2.11. The molecule has 1 aliphatic rings. The Kier molecular flexibility index (Phi) is 5.25. The summed E-state index contributed by atoms with van der Waals surface area (Å²) in [5.74, 6) is 0.649. The minimum absolute atomic E-state index is 0.0809. The Hall–Kier alpha value is -1.92. The fraction of sp³-hybridized carbons (Fsp3) is 0.412. The molecule has 23 heavy (non-hydrogen) atoms. The summed E-state index contributed by atoms with van der Waals surface area (Å²) in [6.45, 7) is 3.78. The molecule has 1 aromatic carbocycles. The van der Waals surface area contributed by atoms with Crippen LogP contribution in [0.5, 0.6) is 5.75 Å². The van der Waals surface area contributed by atoms with Crippen molar-refractivity contribution in [3.8, 4) is 5.75 Å². The van der Waals surface area contributed by atoms with Crippen molar-refractivity contribution in [1.29, 1.82) is 0 Å². The number of rotatable bonds is 6. The number of thiazole rings is 1. The largest absolute Gasteiger partial charge is 0.486 e. The minimum atomic E-state index is -0.0809. The molecule has 3 rings (SSSR count). The average molecular weight is 332 g/mol. The van der Waals surface area contributed by atoms with E-state index in [9.17, 15) is 4.79 Å². The number of carbonyl (C=O) groups is 1. The first-order valence-electron chi connectivity index (χ1n) is 7.74. The van der Waals surface area contributed by atoms with Gasteiger partial charge in [0.15, 0.2) is 0 Å². The van der Waals surface area contributed by atoms with E-state index in [1.165, 1.54) is 0 Å². The molecule has 1 aromatic heterocycles. The second-order valence-corrected chi connectivity index (χ2v) is 6.48. The van der Waals surface area contributed by atoms with Crippen LogP contribution in [0.1, 0.15) is 33.9 Å². The first-order chi connectivity index (χ1) is 11.2. The van der Waals surface area contributed by atoms with Crippen molar-refractivity contribution in [2.45, 2.75) is 32.5 Å². The van der Waals surface area contributed by atoms with Gasteiger partial charge in [-0.15, -0.1) is 11.3 Å². The van der Waals surface area contributed by atoms with E-state index in [1.807, 2.05) is 12.3 Å². The van der Waals surface area contributed by atoms with Gasteiger partial charge in [-0.3, -0.25) is 4.79 Å². The van der Waals surface area contributed by atoms with Gasteiger partial charge in [-0.2, -0.15) is 0 Å². The van der Waals surface area contributed by atoms with E-state index in [1.54, 1.807) is 35.6 Å². The minimum Gasteiger partial charge on any atom is -0.486 e. The lowest BCUT2D eigenvalue weighted by molar-refractivity contribution is 0.0857. The number of aryl methyl sites for hydroxylation is 1. The first-order valence-corrected chi connectivity index (χ1v) is 8.62. The number of hydrogen-bond donors (Lipinski definition) is 1. The summed E-state index contributed by atoms with van der Waals surface area (Å²) in [7, 11) is 0. The van der Waals surface area contributed by atoms with Gasteiger partial charge in [0.2, 0.25) is 0 Å². The zero-order valence-corrected chi connectivity index (χ0v) is 13.9. The number of carbonyl (C=O) groups excluding carboxylic acids is 1. The molecule has 1 atom stereocenters. The molecule has 1 aliphatic heterocycles. The van der Waals surface area contributed by atoms with Crippen molar-refractivity contribution in [3.05, 3.63) is 45.9 Å². The van der Waals surface area contributed by atoms with Crippen LogP contribution in [0.4, 0.5) is 0 Å². The molecule has 2 heterocycles. The number of hydrogen-bond acceptors (Lipinski definition) is 5. The fourth-order valence-corrected chi connectivity index (χ4v) is 3.11. The van der Waals surface area contributed by atoms with Crippen LogP contribution in [0.25, 0.3) is 0 Å². The van der Waals surface area contributed by atoms with Gasteiger partial charge >= 0.3 is 0 Å². The summed E-state index contributed by atoms with van der Waals surface area (Å²) in [5, 5.41) is 5.85. The van der Waals surface area contributed by atoms with E-state index in [0.29, 0.717) is 18.7 Å². The highest BCUT2D eigenvalue weighted by atomic mass is 32.1. The maximum absolute atomic E-state index is 12.1. The zero-order chi connectivity index (χ0) is 16.1. The molecule has 1 fully saturated rings. The molecule has 1 saturated heterocycles. The lowest BCUT2D eigenvalue weighted by Crippen LogP contribution is -2.31. The van der Waals surface area contributed by atoms with E-state index in [2.05, 4.69) is 10.3 Å². The average Bonchev–Trinajstić information content (AvgIpc) is 3.22. The van der Waals surface area contributed by atoms with Crippen LogP contribution in [0.2, 0.25) is 0 Å². The highest BCUT2D eigenvalue weighted by Crippen LogP contribution is 2.16. The second-order valence-electron chi connectivity index (χ2n) is 5.54. The molecule has 0 bridgehead atoms. The van der Waals surface area contributed by atoms with Gasteiger partial charge in [0.1, 0.15) is 17.4 Å². The van der Waals surface area contributed by atoms with E-state index in [4.69, 9.17) is 9.47 Å². The standard InChI is InChI=1S/C17H20N2O3S/c1-12-11-23-16(19-12)10-22-14-6-4-13(5-7-14)17(20)18-9-15-3-2-8-21-15/h4-7,11,15H,2-3,8-10H2,1H3,(H,18,20)/t15-/m1/s1. The van der Waals surface area contributed by atoms with Crippen LogP contribution < -0.4 is 10.1 Å². The van der Waals surface area contributed by atoms with E-state index in [0.717, 1.165) is 35.9 Å². The predicted octanol–water partition coefficient (Wildman–Crippen LogP) is 2.94. The number of ether oxygens (including phenoxy) is 2. The zero-order valence-electron chi connectivity index (χ0n) is 13.1. The Morgan fingerprint density at radius 2 is 2.26 bits per heavy atom. The summed E-state index contributed by atoms with van der Waals surface area (Å²) in [5.41, 5.74) is 1.63. The van der Waals surface area contributed by atoms with Crippen LogP contribution in [0.15, 0.2) is 29.6 Å². The highest BCUT2D eigenvalue weighted by molar-refractivity contribution is 7.09. The Bertz CT molecular complexity index is 648. The van der Waals surface area contributed by atoms with Crippen LogP contribution in [0, 0.1) is 6.92 Å². The van der Waals surface area contributed by atoms with Crippen LogP contribution >= 0.6 is 11.3 Å². The molecule has 6 heteroatoms. The Morgan fingerprint density at radius 1 is 1.43 bits per heavy atom. The number of aromatic nitrogens is 1. The molecule has 0 aliphatic carbocycles. The third kappa shape index (κ3) is 4.53. The molecule has 1 amide bonds. The maximum Gasteiger partial charge on any atom is 0.251 e. The number of benzene rings is 1. The quantitative estimate of drug-likeness (QED) is 0.883. The van der Waals surface area contributed by atoms with Gasteiger partial charge < -0.3 is 14.8 Å². The Morgan fingerprint density at radius 3 is 2.91 bits per heavy atom. The lowest BCUT2D eigenvalue weighted by atomic mass is 10.2. The van der Waals surface area contributed by atoms with Gasteiger partial charge in [0.05, 0.1) is 6.10 Å². The summed E-state index contributed by atoms with van der Waals surface area (Å²) < 4.78 is 11.2. The van der Waals surface area contributed by atoms with Crippen LogP contribution in [-0.4, -0.2) is 30.1 Å². The molecule has 0 saturated carbocycles. The molecule has 0 spiro atoms. The maximum atomic E-state index is 12.1. The van der Waals surface area contributed by atoms with Gasteiger partial charge in [-0.25, -0.2) is 4.98 Å². The number of amides is 1. The summed E-state index contributed by atoms with van der Waals surface area (Å²) in [4.78, 5) is 16.4. The highest BCUT2D eigenvalue weighted by Gasteiger charge is 2.16. The van der Waals surface area contributed by atoms with E-state index < -0.39 is 0 Å². The molecular formula is C17H20N2O3S. The van der Waals surface area contributed by atoms with E-state index in [-0.39, 0.29) is 12.0 Å². The summed E-state index contributed by atoms with van der Waals surface area (Å²) >= 11 is 1.58. The SMILES string of the molecule is Cc1csc(COc2ccc(C(=O)NC[C@H]3CCCO3)cc2)n1. The molecule has 0 unspecified atom stereocenters. The van der Waals surface area contributed by atoms with Gasteiger partial charge in [-0.1, -0.05) is 0 Å². The van der Waals surface area contributed by atoms with Crippen molar-refractivity contribution in [2.75, 3.05) is 13.2 Å². The molecule has 0 radical (unpaired) electrons. The van der Waals surface area contributed by atoms with Crippen molar-refractivity contribution in [3.63, 3.8) is 0 Å². The third-order valence-corrected chi connectivity index (χ3v) is 4.60. The molecule has 2 aromatic rings. The molecular weight excluding hydrogens is 312 g/mol. The first kappa shape index (κ1) is 16.0.